The van der Waals surface area contributed by atoms with Gasteiger partial charge < -0.3 is 4.74 Å². The molecule has 1 fully saturated rings. The van der Waals surface area contributed by atoms with Gasteiger partial charge in [0.25, 0.3) is 0 Å². The summed E-state index contributed by atoms with van der Waals surface area (Å²) < 4.78 is 5.67. The van der Waals surface area contributed by atoms with Gasteiger partial charge in [-0.15, -0.1) is 12.3 Å². The number of benzene rings is 2. The monoisotopic (exact) mass is 372 g/mol. The van der Waals surface area contributed by atoms with Crippen molar-refractivity contribution in [1.82, 2.24) is 0 Å². The number of hydrogen-bond acceptors (Lipinski definition) is 1. The van der Waals surface area contributed by atoms with Crippen molar-refractivity contribution in [2.75, 3.05) is 6.61 Å². The molecule has 0 amide bonds. The Balaban J connectivity index is 1.53. The van der Waals surface area contributed by atoms with Crippen molar-refractivity contribution in [3.8, 4) is 23.5 Å². The van der Waals surface area contributed by atoms with E-state index in [0.29, 0.717) is 6.61 Å². The van der Waals surface area contributed by atoms with Gasteiger partial charge in [-0.1, -0.05) is 60.7 Å². The average molecular weight is 373 g/mol. The first kappa shape index (κ1) is 20.4. The minimum Gasteiger partial charge on any atom is -0.377 e. The van der Waals surface area contributed by atoms with Crippen molar-refractivity contribution >= 4 is 0 Å². The van der Waals surface area contributed by atoms with Crippen LogP contribution in [0.2, 0.25) is 0 Å². The summed E-state index contributed by atoms with van der Waals surface area (Å²) in [5.74, 6) is 4.16. The number of unbranched alkanes of at least 4 members (excludes halogenated alkanes) is 1. The van der Waals surface area contributed by atoms with E-state index in [2.05, 4.69) is 73.5 Å². The van der Waals surface area contributed by atoms with E-state index in [1.807, 2.05) is 0 Å². The van der Waals surface area contributed by atoms with Gasteiger partial charge in [0.1, 0.15) is 0 Å². The topological polar surface area (TPSA) is 9.23 Å². The molecule has 0 aliphatic heterocycles. The van der Waals surface area contributed by atoms with Gasteiger partial charge in [-0.25, -0.2) is 0 Å². The van der Waals surface area contributed by atoms with Crippen LogP contribution in [0, 0.1) is 18.3 Å². The van der Waals surface area contributed by atoms with Crippen molar-refractivity contribution in [3.63, 3.8) is 0 Å². The molecule has 1 heteroatoms. The highest BCUT2D eigenvalue weighted by atomic mass is 16.5. The highest BCUT2D eigenvalue weighted by Gasteiger charge is 2.20. The maximum Gasteiger partial charge on any atom is 0.0716 e. The van der Waals surface area contributed by atoms with E-state index in [1.165, 1.54) is 47.9 Å². The van der Waals surface area contributed by atoms with E-state index >= 15 is 0 Å². The highest BCUT2D eigenvalue weighted by molar-refractivity contribution is 5.64. The highest BCUT2D eigenvalue weighted by Crippen LogP contribution is 2.36. The molecule has 0 atom stereocenters. The predicted molar refractivity (Wildman–Crippen MR) is 119 cm³/mol. The largest absolute Gasteiger partial charge is 0.377 e. The number of rotatable bonds is 8. The molecular weight excluding hydrogens is 340 g/mol. The van der Waals surface area contributed by atoms with E-state index in [0.717, 1.165) is 31.3 Å². The fourth-order valence-corrected chi connectivity index (χ4v) is 4.12. The van der Waals surface area contributed by atoms with Crippen LogP contribution in [-0.4, -0.2) is 6.61 Å². The van der Waals surface area contributed by atoms with E-state index in [1.54, 1.807) is 0 Å². The third-order valence-corrected chi connectivity index (χ3v) is 5.78. The number of ether oxygens (including phenoxy) is 1. The van der Waals surface area contributed by atoms with Gasteiger partial charge in [-0.05, 0) is 73.1 Å². The molecule has 0 heterocycles. The van der Waals surface area contributed by atoms with Gasteiger partial charge in [0.2, 0.25) is 0 Å². The van der Waals surface area contributed by atoms with E-state index in [4.69, 9.17) is 11.2 Å². The van der Waals surface area contributed by atoms with Crippen LogP contribution < -0.4 is 0 Å². The molecule has 2 aromatic carbocycles. The van der Waals surface area contributed by atoms with Crippen LogP contribution in [0.5, 0.6) is 0 Å². The Morgan fingerprint density at radius 2 is 1.61 bits per heavy atom. The van der Waals surface area contributed by atoms with Gasteiger partial charge in [-0.2, -0.15) is 0 Å². The first-order chi connectivity index (χ1) is 13.8. The normalized spacial score (nSPS) is 19.6. The van der Waals surface area contributed by atoms with Crippen LogP contribution in [0.15, 0.2) is 60.7 Å². The smallest absolute Gasteiger partial charge is 0.0716 e. The van der Waals surface area contributed by atoms with Crippen molar-refractivity contribution in [3.05, 3.63) is 71.8 Å². The summed E-state index contributed by atoms with van der Waals surface area (Å²) in [6.45, 7) is 3.51. The maximum absolute atomic E-state index is 5.67. The predicted octanol–water partition coefficient (Wildman–Crippen LogP) is 7.13. The second kappa shape index (κ2) is 10.9. The second-order valence-corrected chi connectivity index (χ2v) is 7.82. The molecule has 2 aromatic rings. The Morgan fingerprint density at radius 1 is 0.964 bits per heavy atom. The third kappa shape index (κ3) is 5.85. The van der Waals surface area contributed by atoms with Gasteiger partial charge in [0.15, 0.2) is 0 Å². The van der Waals surface area contributed by atoms with Crippen molar-refractivity contribution in [1.29, 1.82) is 0 Å². The fourth-order valence-electron chi connectivity index (χ4n) is 4.12. The molecule has 1 aliphatic rings. The lowest BCUT2D eigenvalue weighted by molar-refractivity contribution is 0.119. The summed E-state index contributed by atoms with van der Waals surface area (Å²) in [5, 5.41) is 0. The van der Waals surface area contributed by atoms with Crippen molar-refractivity contribution in [2.45, 2.75) is 58.0 Å². The summed E-state index contributed by atoms with van der Waals surface area (Å²) in [5.41, 5.74) is 5.26. The molecule has 1 aliphatic carbocycles. The molecule has 3 rings (SSSR count). The minimum absolute atomic E-state index is 0.652. The first-order valence-corrected chi connectivity index (χ1v) is 10.6. The minimum atomic E-state index is 0.652. The van der Waals surface area contributed by atoms with Crippen LogP contribution in [0.25, 0.3) is 11.1 Å². The number of hydrogen-bond donors (Lipinski definition) is 0. The lowest BCUT2D eigenvalue weighted by Crippen LogP contribution is -2.11. The summed E-state index contributed by atoms with van der Waals surface area (Å²) in [6, 6.07) is 17.9. The third-order valence-electron chi connectivity index (χ3n) is 5.78. The number of allylic oxidation sites excluding steroid dienone is 2. The van der Waals surface area contributed by atoms with Gasteiger partial charge in [0.05, 0.1) is 6.61 Å². The van der Waals surface area contributed by atoms with Gasteiger partial charge in [0, 0.05) is 13.0 Å². The summed E-state index contributed by atoms with van der Waals surface area (Å²) in [6.07, 6.45) is 16.8. The second-order valence-electron chi connectivity index (χ2n) is 7.82. The van der Waals surface area contributed by atoms with Crippen LogP contribution in [-0.2, 0) is 11.3 Å². The quantitative estimate of drug-likeness (QED) is 0.272. The van der Waals surface area contributed by atoms with E-state index in [-0.39, 0.29) is 0 Å². The fraction of sp³-hybridized carbons (Fsp3) is 0.407. The first-order valence-electron chi connectivity index (χ1n) is 10.6. The SMILES string of the molecule is C#CCCCOCc1ccc(-c2ccc([C@H]3CC[C@H](/C=C\C)CC3)cc2)cc1. The summed E-state index contributed by atoms with van der Waals surface area (Å²) in [4.78, 5) is 0. The molecule has 1 nitrogen and oxygen atoms in total. The summed E-state index contributed by atoms with van der Waals surface area (Å²) in [7, 11) is 0. The van der Waals surface area contributed by atoms with Crippen LogP contribution in [0.3, 0.4) is 0 Å². The standard InChI is InChI=1S/C27H32O/c1-3-5-6-20-28-21-23-10-14-25(15-11-23)27-18-16-26(17-19-27)24-12-8-22(7-4-2)9-13-24/h1,4,7,10-11,14-19,22,24H,5-6,8-9,12-13,20-21H2,2H3/b7-4-/t22-,24-. The molecule has 0 spiro atoms. The van der Waals surface area contributed by atoms with Crippen LogP contribution >= 0.6 is 0 Å². The Labute approximate surface area is 170 Å². The average Bonchev–Trinajstić information content (AvgIpc) is 2.75. The zero-order valence-corrected chi connectivity index (χ0v) is 17.1. The lowest BCUT2D eigenvalue weighted by Gasteiger charge is -2.27. The van der Waals surface area contributed by atoms with Crippen LogP contribution in [0.1, 0.15) is 62.5 Å². The van der Waals surface area contributed by atoms with Crippen LogP contribution in [0.4, 0.5) is 0 Å². The molecule has 146 valence electrons. The molecule has 0 bridgehead atoms. The Hall–Kier alpha value is -2.30. The molecular formula is C27H32O. The zero-order valence-electron chi connectivity index (χ0n) is 17.1. The van der Waals surface area contributed by atoms with Crippen molar-refractivity contribution < 1.29 is 4.74 Å². The Morgan fingerprint density at radius 3 is 2.21 bits per heavy atom. The molecule has 0 unspecified atom stereocenters. The van der Waals surface area contributed by atoms with Gasteiger partial charge >= 0.3 is 0 Å². The molecule has 1 saturated carbocycles. The molecule has 0 radical (unpaired) electrons. The zero-order chi connectivity index (χ0) is 19.6. The summed E-state index contributed by atoms with van der Waals surface area (Å²) >= 11 is 0. The molecule has 0 saturated heterocycles. The molecule has 28 heavy (non-hydrogen) atoms. The van der Waals surface area contributed by atoms with Gasteiger partial charge in [-0.3, -0.25) is 0 Å². The Bertz CT molecular complexity index is 769. The van der Waals surface area contributed by atoms with Crippen molar-refractivity contribution in [2.24, 2.45) is 5.92 Å². The van der Waals surface area contributed by atoms with E-state index < -0.39 is 0 Å². The molecule has 0 aromatic heterocycles. The number of terminal acetylenes is 1. The van der Waals surface area contributed by atoms with E-state index in [9.17, 15) is 0 Å². The Kier molecular flexibility index (Phi) is 7.94. The lowest BCUT2D eigenvalue weighted by atomic mass is 9.78. The maximum atomic E-state index is 5.67. The molecule has 0 N–H and O–H groups in total.